The molecular weight excluding hydrogens is 164 g/mol. The van der Waals surface area contributed by atoms with Crippen molar-refractivity contribution in [3.8, 4) is 0 Å². The summed E-state index contributed by atoms with van der Waals surface area (Å²) in [6.07, 6.45) is 2.72. The molecular formula is C10H22N2O. The van der Waals surface area contributed by atoms with E-state index in [1.54, 1.807) is 7.11 Å². The molecule has 1 unspecified atom stereocenters. The van der Waals surface area contributed by atoms with Crippen molar-refractivity contribution in [2.75, 3.05) is 47.6 Å². The van der Waals surface area contributed by atoms with E-state index in [2.05, 4.69) is 23.9 Å². The first-order valence-corrected chi connectivity index (χ1v) is 5.08. The van der Waals surface area contributed by atoms with E-state index in [0.717, 1.165) is 19.2 Å². The molecule has 1 heterocycles. The highest BCUT2D eigenvalue weighted by Gasteiger charge is 2.18. The van der Waals surface area contributed by atoms with Crippen molar-refractivity contribution < 1.29 is 4.74 Å². The lowest BCUT2D eigenvalue weighted by Crippen LogP contribution is -2.38. The highest BCUT2D eigenvalue weighted by molar-refractivity contribution is 4.72. The average molecular weight is 186 g/mol. The summed E-state index contributed by atoms with van der Waals surface area (Å²) in [5.74, 6) is 0.832. The number of nitrogens with zero attached hydrogens (tertiary/aromatic N) is 2. The topological polar surface area (TPSA) is 15.7 Å². The minimum absolute atomic E-state index is 0.750. The second kappa shape index (κ2) is 5.58. The minimum Gasteiger partial charge on any atom is -0.369 e. The molecule has 78 valence electrons. The molecule has 0 bridgehead atoms. The highest BCUT2D eigenvalue weighted by atomic mass is 16.5. The third kappa shape index (κ3) is 4.07. The van der Waals surface area contributed by atoms with Crippen LogP contribution < -0.4 is 0 Å². The van der Waals surface area contributed by atoms with E-state index in [1.165, 1.54) is 25.9 Å². The van der Waals surface area contributed by atoms with Crippen LogP contribution in [0, 0.1) is 5.92 Å². The zero-order valence-electron chi connectivity index (χ0n) is 9.12. The summed E-state index contributed by atoms with van der Waals surface area (Å²) in [6, 6.07) is 0. The smallest absolute Gasteiger partial charge is 0.0984 e. The Balaban J connectivity index is 2.19. The Morgan fingerprint density at radius 3 is 2.92 bits per heavy atom. The van der Waals surface area contributed by atoms with Crippen molar-refractivity contribution >= 4 is 0 Å². The number of ether oxygens (including phenoxy) is 1. The molecule has 3 heteroatoms. The van der Waals surface area contributed by atoms with E-state index in [-0.39, 0.29) is 0 Å². The van der Waals surface area contributed by atoms with Crippen LogP contribution in [-0.4, -0.2) is 57.4 Å². The van der Waals surface area contributed by atoms with Gasteiger partial charge < -0.3 is 9.64 Å². The molecule has 0 aliphatic carbocycles. The summed E-state index contributed by atoms with van der Waals surface area (Å²) >= 11 is 0. The van der Waals surface area contributed by atoms with Gasteiger partial charge in [-0.25, -0.2) is 0 Å². The molecule has 1 atom stereocenters. The van der Waals surface area contributed by atoms with Gasteiger partial charge in [-0.1, -0.05) is 0 Å². The summed E-state index contributed by atoms with van der Waals surface area (Å²) in [7, 11) is 6.09. The largest absolute Gasteiger partial charge is 0.369 e. The van der Waals surface area contributed by atoms with Crippen LogP contribution in [-0.2, 0) is 4.74 Å². The van der Waals surface area contributed by atoms with Crippen molar-refractivity contribution in [1.82, 2.24) is 9.80 Å². The van der Waals surface area contributed by atoms with E-state index in [4.69, 9.17) is 4.74 Å². The maximum atomic E-state index is 5.08. The molecule has 0 saturated carbocycles. The Morgan fingerprint density at radius 1 is 1.54 bits per heavy atom. The van der Waals surface area contributed by atoms with Crippen LogP contribution in [0.2, 0.25) is 0 Å². The summed E-state index contributed by atoms with van der Waals surface area (Å²) in [4.78, 5) is 4.68. The zero-order chi connectivity index (χ0) is 9.68. The van der Waals surface area contributed by atoms with Gasteiger partial charge in [0.1, 0.15) is 0 Å². The van der Waals surface area contributed by atoms with Gasteiger partial charge in [0.15, 0.2) is 0 Å². The second-order valence-electron chi connectivity index (χ2n) is 4.23. The van der Waals surface area contributed by atoms with Crippen molar-refractivity contribution in [3.05, 3.63) is 0 Å². The Bertz CT molecular complexity index is 141. The summed E-state index contributed by atoms with van der Waals surface area (Å²) in [5.41, 5.74) is 0. The Labute approximate surface area is 81.7 Å². The van der Waals surface area contributed by atoms with Crippen LogP contribution in [0.15, 0.2) is 0 Å². The number of hydrogen-bond donors (Lipinski definition) is 0. The van der Waals surface area contributed by atoms with Crippen LogP contribution in [0.25, 0.3) is 0 Å². The minimum atomic E-state index is 0.750. The Hall–Kier alpha value is -0.120. The van der Waals surface area contributed by atoms with Crippen LogP contribution in [0.3, 0.4) is 0 Å². The number of methoxy groups -OCH3 is 1. The van der Waals surface area contributed by atoms with Crippen molar-refractivity contribution in [2.45, 2.75) is 12.8 Å². The quantitative estimate of drug-likeness (QED) is 0.606. The molecule has 3 nitrogen and oxygen atoms in total. The van der Waals surface area contributed by atoms with Gasteiger partial charge in [-0.2, -0.15) is 0 Å². The van der Waals surface area contributed by atoms with Crippen LogP contribution in [0.5, 0.6) is 0 Å². The molecule has 1 aliphatic rings. The summed E-state index contributed by atoms with van der Waals surface area (Å²) in [5, 5.41) is 0. The molecule has 0 N–H and O–H groups in total. The van der Waals surface area contributed by atoms with Gasteiger partial charge in [0.25, 0.3) is 0 Å². The van der Waals surface area contributed by atoms with E-state index >= 15 is 0 Å². The predicted octanol–water partition coefficient (Wildman–Crippen LogP) is 0.864. The molecule has 0 amide bonds. The fourth-order valence-corrected chi connectivity index (χ4v) is 2.14. The molecule has 1 fully saturated rings. The van der Waals surface area contributed by atoms with Gasteiger partial charge in [-0.05, 0) is 39.4 Å². The number of likely N-dealkylation sites (tertiary alicyclic amines) is 1. The lowest BCUT2D eigenvalue weighted by molar-refractivity contribution is 0.0595. The lowest BCUT2D eigenvalue weighted by Gasteiger charge is -2.32. The van der Waals surface area contributed by atoms with Crippen LogP contribution >= 0.6 is 0 Å². The third-order valence-corrected chi connectivity index (χ3v) is 2.64. The predicted molar refractivity (Wildman–Crippen MR) is 54.7 cm³/mol. The van der Waals surface area contributed by atoms with Gasteiger partial charge in [-0.3, -0.25) is 4.90 Å². The number of rotatable bonds is 4. The molecule has 0 aromatic heterocycles. The molecule has 0 radical (unpaired) electrons. The fourth-order valence-electron chi connectivity index (χ4n) is 2.14. The van der Waals surface area contributed by atoms with Gasteiger partial charge in [0, 0.05) is 20.2 Å². The summed E-state index contributed by atoms with van der Waals surface area (Å²) in [6.45, 7) is 4.43. The first kappa shape index (κ1) is 11.0. The van der Waals surface area contributed by atoms with Gasteiger partial charge in [0.2, 0.25) is 0 Å². The fraction of sp³-hybridized carbons (Fsp3) is 1.00. The third-order valence-electron chi connectivity index (χ3n) is 2.64. The number of hydrogen-bond acceptors (Lipinski definition) is 3. The van der Waals surface area contributed by atoms with Crippen molar-refractivity contribution in [3.63, 3.8) is 0 Å². The maximum Gasteiger partial charge on any atom is 0.0984 e. The Morgan fingerprint density at radius 2 is 2.31 bits per heavy atom. The van der Waals surface area contributed by atoms with E-state index in [9.17, 15) is 0 Å². The zero-order valence-corrected chi connectivity index (χ0v) is 9.12. The van der Waals surface area contributed by atoms with Crippen molar-refractivity contribution in [1.29, 1.82) is 0 Å². The standard InChI is InChI=1S/C10H22N2O/c1-11-6-4-5-10(7-11)8-12(2)9-13-3/h10H,4-9H2,1-3H3. The second-order valence-corrected chi connectivity index (χ2v) is 4.23. The molecule has 0 spiro atoms. The molecule has 1 rings (SSSR count). The maximum absolute atomic E-state index is 5.08. The SMILES string of the molecule is COCN(C)CC1CCCN(C)C1. The summed E-state index contributed by atoms with van der Waals surface area (Å²) < 4.78 is 5.08. The van der Waals surface area contributed by atoms with Gasteiger partial charge in [-0.15, -0.1) is 0 Å². The van der Waals surface area contributed by atoms with E-state index in [1.807, 2.05) is 0 Å². The molecule has 1 saturated heterocycles. The first-order valence-electron chi connectivity index (χ1n) is 5.08. The monoisotopic (exact) mass is 186 g/mol. The van der Waals surface area contributed by atoms with Gasteiger partial charge in [0.05, 0.1) is 6.73 Å². The average Bonchev–Trinajstić information content (AvgIpc) is 2.04. The van der Waals surface area contributed by atoms with E-state index in [0.29, 0.717) is 0 Å². The molecule has 0 aromatic carbocycles. The highest BCUT2D eigenvalue weighted by Crippen LogP contribution is 2.15. The normalized spacial score (nSPS) is 25.4. The Kier molecular flexibility index (Phi) is 4.70. The van der Waals surface area contributed by atoms with Crippen molar-refractivity contribution in [2.24, 2.45) is 5.92 Å². The molecule has 0 aromatic rings. The van der Waals surface area contributed by atoms with Gasteiger partial charge >= 0.3 is 0 Å². The molecule has 1 aliphatic heterocycles. The molecule has 13 heavy (non-hydrogen) atoms. The first-order chi connectivity index (χ1) is 6.22. The van der Waals surface area contributed by atoms with Crippen LogP contribution in [0.4, 0.5) is 0 Å². The van der Waals surface area contributed by atoms with E-state index < -0.39 is 0 Å². The van der Waals surface area contributed by atoms with Crippen LogP contribution in [0.1, 0.15) is 12.8 Å². The number of piperidine rings is 1. The lowest BCUT2D eigenvalue weighted by atomic mass is 9.98.